The number of carboxylic acid groups (broad SMARTS) is 1. The molecule has 2 rings (SSSR count). The summed E-state index contributed by atoms with van der Waals surface area (Å²) in [5, 5.41) is 14.9. The van der Waals surface area contributed by atoms with Crippen LogP contribution in [0.2, 0.25) is 0 Å². The molecule has 0 spiro atoms. The zero-order valence-corrected chi connectivity index (χ0v) is 8.41. The molecule has 2 atom stereocenters. The van der Waals surface area contributed by atoms with Gasteiger partial charge < -0.3 is 10.5 Å². The van der Waals surface area contributed by atoms with Crippen molar-refractivity contribution in [1.29, 1.82) is 0 Å². The van der Waals surface area contributed by atoms with E-state index in [0.29, 0.717) is 5.71 Å². The molecule has 1 aromatic heterocycles. The Balaban J connectivity index is 2.27. The second-order valence-electron chi connectivity index (χ2n) is 3.19. The minimum absolute atomic E-state index is 0.201. The normalized spacial score (nSPS) is 25.6. The monoisotopic (exact) mass is 210 g/mol. The van der Waals surface area contributed by atoms with Crippen LogP contribution in [0.1, 0.15) is 17.8 Å². The third-order valence-corrected chi connectivity index (χ3v) is 3.23. The molecule has 0 radical (unpaired) electrons. The van der Waals surface area contributed by atoms with Gasteiger partial charge in [0, 0.05) is 4.88 Å². The molecule has 2 unspecified atom stereocenters. The average Bonchev–Trinajstić information content (AvgIpc) is 2.70. The number of nitrogens with one attached hydrogen (secondary N) is 1. The molecule has 14 heavy (non-hydrogen) atoms. The molecule has 0 bridgehead atoms. The molecular formula is C9H10N2O2S. The van der Waals surface area contributed by atoms with Crippen molar-refractivity contribution in [1.82, 2.24) is 5.43 Å². The molecular weight excluding hydrogens is 200 g/mol. The van der Waals surface area contributed by atoms with Crippen molar-refractivity contribution >= 4 is 23.0 Å². The molecule has 5 heteroatoms. The van der Waals surface area contributed by atoms with E-state index in [0.717, 1.165) is 4.88 Å². The summed E-state index contributed by atoms with van der Waals surface area (Å²) in [5.74, 6) is -1.36. The molecule has 1 aliphatic heterocycles. The summed E-state index contributed by atoms with van der Waals surface area (Å²) in [6, 6.07) is 3.63. The number of hydrogen-bond donors (Lipinski definition) is 2. The van der Waals surface area contributed by atoms with Gasteiger partial charge in [-0.3, -0.25) is 4.79 Å². The Morgan fingerprint density at radius 3 is 3.07 bits per heavy atom. The predicted octanol–water partition coefficient (Wildman–Crippen LogP) is 1.47. The fraction of sp³-hybridized carbons (Fsp3) is 0.333. The van der Waals surface area contributed by atoms with Crippen molar-refractivity contribution in [3.8, 4) is 0 Å². The number of aliphatic carboxylic acids is 1. The Morgan fingerprint density at radius 2 is 2.50 bits per heavy atom. The van der Waals surface area contributed by atoms with Crippen molar-refractivity contribution in [3.05, 3.63) is 22.4 Å². The summed E-state index contributed by atoms with van der Waals surface area (Å²) >= 11 is 1.54. The molecule has 74 valence electrons. The highest BCUT2D eigenvalue weighted by atomic mass is 32.1. The van der Waals surface area contributed by atoms with Gasteiger partial charge in [-0.05, 0) is 18.4 Å². The maximum Gasteiger partial charge on any atom is 0.314 e. The first-order valence-electron chi connectivity index (χ1n) is 4.26. The van der Waals surface area contributed by atoms with Gasteiger partial charge >= 0.3 is 5.97 Å². The van der Waals surface area contributed by atoms with E-state index in [9.17, 15) is 4.79 Å². The number of nitrogens with zero attached hydrogens (tertiary/aromatic N) is 1. The summed E-state index contributed by atoms with van der Waals surface area (Å²) in [6.45, 7) is 1.74. The molecule has 0 aromatic carbocycles. The highest BCUT2D eigenvalue weighted by Gasteiger charge is 2.36. The summed E-state index contributed by atoms with van der Waals surface area (Å²) < 4.78 is 0. The van der Waals surface area contributed by atoms with E-state index in [2.05, 4.69) is 10.5 Å². The maximum atomic E-state index is 11.0. The minimum Gasteiger partial charge on any atom is -0.481 e. The number of hydrogen-bond acceptors (Lipinski definition) is 4. The minimum atomic E-state index is -0.824. The second-order valence-corrected chi connectivity index (χ2v) is 4.17. The number of hydrazone groups is 1. The smallest absolute Gasteiger partial charge is 0.314 e. The zero-order valence-electron chi connectivity index (χ0n) is 7.60. The van der Waals surface area contributed by atoms with Crippen LogP contribution in [0.5, 0.6) is 0 Å². The van der Waals surface area contributed by atoms with Gasteiger partial charge in [-0.15, -0.1) is 11.3 Å². The largest absolute Gasteiger partial charge is 0.481 e. The van der Waals surface area contributed by atoms with Gasteiger partial charge in [0.1, 0.15) is 5.92 Å². The maximum absolute atomic E-state index is 11.0. The fourth-order valence-corrected chi connectivity index (χ4v) is 2.38. The van der Waals surface area contributed by atoms with E-state index in [-0.39, 0.29) is 6.04 Å². The fourth-order valence-electron chi connectivity index (χ4n) is 1.57. The quantitative estimate of drug-likeness (QED) is 0.777. The Bertz CT molecular complexity index is 372. The molecule has 0 saturated heterocycles. The highest BCUT2D eigenvalue weighted by molar-refractivity contribution is 7.10. The molecule has 4 nitrogen and oxygen atoms in total. The second kappa shape index (κ2) is 3.42. The third kappa shape index (κ3) is 1.39. The lowest BCUT2D eigenvalue weighted by molar-refractivity contribution is -0.139. The van der Waals surface area contributed by atoms with Crippen LogP contribution in [0.3, 0.4) is 0 Å². The van der Waals surface area contributed by atoms with Crippen molar-refractivity contribution in [3.63, 3.8) is 0 Å². The lowest BCUT2D eigenvalue weighted by Gasteiger charge is -2.13. The summed E-state index contributed by atoms with van der Waals surface area (Å²) in [5.41, 5.74) is 3.49. The lowest BCUT2D eigenvalue weighted by Crippen LogP contribution is -2.27. The Kier molecular flexibility index (Phi) is 2.25. The van der Waals surface area contributed by atoms with Gasteiger partial charge in [0.05, 0.1) is 11.8 Å². The number of carbonyl (C=O) groups is 1. The van der Waals surface area contributed by atoms with Gasteiger partial charge in [0.25, 0.3) is 0 Å². The molecule has 2 N–H and O–H groups in total. The van der Waals surface area contributed by atoms with E-state index in [4.69, 9.17) is 5.11 Å². The molecule has 1 aromatic rings. The standard InChI is InChI=1S/C9H10N2O2S/c1-5-7(9(12)13)8(11-10-5)6-3-2-4-14-6/h2-4,7-8,11H,1H3,(H,12,13). The number of carboxylic acids is 1. The molecule has 2 heterocycles. The van der Waals surface area contributed by atoms with E-state index < -0.39 is 11.9 Å². The molecule has 0 aliphatic carbocycles. The average molecular weight is 210 g/mol. The van der Waals surface area contributed by atoms with E-state index in [1.807, 2.05) is 17.5 Å². The van der Waals surface area contributed by atoms with Crippen LogP contribution in [0.15, 0.2) is 22.6 Å². The van der Waals surface area contributed by atoms with Crippen LogP contribution in [-0.4, -0.2) is 16.8 Å². The third-order valence-electron chi connectivity index (χ3n) is 2.28. The zero-order chi connectivity index (χ0) is 10.1. The first kappa shape index (κ1) is 9.21. The van der Waals surface area contributed by atoms with Crippen molar-refractivity contribution < 1.29 is 9.90 Å². The van der Waals surface area contributed by atoms with Crippen molar-refractivity contribution in [2.75, 3.05) is 0 Å². The summed E-state index contributed by atoms with van der Waals surface area (Å²) in [4.78, 5) is 12.0. The van der Waals surface area contributed by atoms with Crippen LogP contribution < -0.4 is 5.43 Å². The van der Waals surface area contributed by atoms with Gasteiger partial charge in [-0.2, -0.15) is 5.10 Å². The van der Waals surface area contributed by atoms with Crippen LogP contribution in [0, 0.1) is 5.92 Å². The molecule has 0 saturated carbocycles. The van der Waals surface area contributed by atoms with Crippen molar-refractivity contribution in [2.45, 2.75) is 13.0 Å². The summed E-state index contributed by atoms with van der Waals surface area (Å²) in [7, 11) is 0. The van der Waals surface area contributed by atoms with Gasteiger partial charge in [0.2, 0.25) is 0 Å². The molecule has 0 amide bonds. The molecule has 1 aliphatic rings. The Morgan fingerprint density at radius 1 is 1.71 bits per heavy atom. The summed E-state index contributed by atoms with van der Waals surface area (Å²) in [6.07, 6.45) is 0. The SMILES string of the molecule is CC1=NNC(c2cccs2)C1C(=O)O. The van der Waals surface area contributed by atoms with Gasteiger partial charge in [0.15, 0.2) is 0 Å². The van der Waals surface area contributed by atoms with Crippen LogP contribution >= 0.6 is 11.3 Å². The van der Waals surface area contributed by atoms with Gasteiger partial charge in [-0.25, -0.2) is 0 Å². The topological polar surface area (TPSA) is 61.7 Å². The van der Waals surface area contributed by atoms with E-state index in [1.54, 1.807) is 18.3 Å². The Hall–Kier alpha value is -1.36. The van der Waals surface area contributed by atoms with Crippen LogP contribution in [-0.2, 0) is 4.79 Å². The number of rotatable bonds is 2. The Labute approximate surface area is 85.3 Å². The first-order chi connectivity index (χ1) is 6.70. The predicted molar refractivity (Wildman–Crippen MR) is 54.4 cm³/mol. The van der Waals surface area contributed by atoms with Gasteiger partial charge in [-0.1, -0.05) is 6.07 Å². The lowest BCUT2D eigenvalue weighted by atomic mass is 9.96. The van der Waals surface area contributed by atoms with Crippen LogP contribution in [0.25, 0.3) is 0 Å². The molecule has 0 fully saturated rings. The van der Waals surface area contributed by atoms with E-state index >= 15 is 0 Å². The van der Waals surface area contributed by atoms with Crippen molar-refractivity contribution in [2.24, 2.45) is 11.0 Å². The van der Waals surface area contributed by atoms with Crippen LogP contribution in [0.4, 0.5) is 0 Å². The van der Waals surface area contributed by atoms with E-state index in [1.165, 1.54) is 0 Å². The first-order valence-corrected chi connectivity index (χ1v) is 5.14. The highest BCUT2D eigenvalue weighted by Crippen LogP contribution is 2.30. The number of thiophene rings is 1.